The third kappa shape index (κ3) is 24.7. The van der Waals surface area contributed by atoms with Gasteiger partial charge in [0, 0.05) is 0 Å². The predicted octanol–water partition coefficient (Wildman–Crippen LogP) is 2.85. The zero-order valence-corrected chi connectivity index (χ0v) is 18.6. The Bertz CT molecular complexity index is 369. The van der Waals surface area contributed by atoms with Crippen molar-refractivity contribution >= 4 is 10.4 Å². The number of allylic oxidation sites excluding steroid dienone is 1. The molecule has 4 nitrogen and oxygen atoms in total. The molecule has 0 bridgehead atoms. The monoisotopic (exact) mass is 370 g/mol. The minimum atomic E-state index is -4.58. The molecule has 0 aromatic heterocycles. The largest absolute Gasteiger partial charge is 1.00 e. The Hall–Kier alpha value is 0.450. The van der Waals surface area contributed by atoms with Crippen molar-refractivity contribution in [2.75, 3.05) is 0 Å². The summed E-state index contributed by atoms with van der Waals surface area (Å²) in [6, 6.07) is 0. The van der Waals surface area contributed by atoms with Gasteiger partial charge >= 0.3 is 29.6 Å². The van der Waals surface area contributed by atoms with Crippen molar-refractivity contribution in [3.63, 3.8) is 0 Å². The van der Waals surface area contributed by atoms with Crippen molar-refractivity contribution in [2.24, 2.45) is 0 Å². The van der Waals surface area contributed by atoms with Crippen LogP contribution in [0.25, 0.3) is 0 Å². The van der Waals surface area contributed by atoms with Crippen molar-refractivity contribution in [1.29, 1.82) is 0 Å². The van der Waals surface area contributed by atoms with Gasteiger partial charge in [0.15, 0.2) is 0 Å². The van der Waals surface area contributed by atoms with Crippen LogP contribution in [0, 0.1) is 0 Å². The van der Waals surface area contributed by atoms with Gasteiger partial charge in [-0.15, -0.1) is 0 Å². The van der Waals surface area contributed by atoms with E-state index in [0.717, 1.165) is 25.5 Å². The van der Waals surface area contributed by atoms with E-state index in [0.29, 0.717) is 0 Å². The first-order chi connectivity index (χ1) is 11.1. The third-order valence-corrected chi connectivity index (χ3v) is 4.34. The molecule has 0 heterocycles. The molecule has 0 aliphatic carbocycles. The fourth-order valence-corrected chi connectivity index (χ4v) is 2.85. The quantitative estimate of drug-likeness (QED) is 0.130. The van der Waals surface area contributed by atoms with Crippen LogP contribution in [0.1, 0.15) is 103 Å². The number of unbranched alkanes of at least 4 members (excludes halogenated alkanes) is 14. The summed E-state index contributed by atoms with van der Waals surface area (Å²) in [7, 11) is -4.58. The van der Waals surface area contributed by atoms with Crippen LogP contribution < -0.4 is 29.6 Å². The van der Waals surface area contributed by atoms with Gasteiger partial charge < -0.3 is 8.74 Å². The van der Waals surface area contributed by atoms with Crippen molar-refractivity contribution in [3.05, 3.63) is 12.3 Å². The summed E-state index contributed by atoms with van der Waals surface area (Å²) in [5.74, 6) is 0. The molecule has 0 aromatic rings. The first kappa shape index (κ1) is 26.7. The van der Waals surface area contributed by atoms with Gasteiger partial charge in [-0.1, -0.05) is 90.4 Å². The second-order valence-electron chi connectivity index (χ2n) is 6.26. The van der Waals surface area contributed by atoms with E-state index in [1.54, 1.807) is 6.08 Å². The van der Waals surface area contributed by atoms with Crippen molar-refractivity contribution in [3.8, 4) is 0 Å². The molecule has 0 aliphatic rings. The van der Waals surface area contributed by atoms with Gasteiger partial charge in [0.1, 0.15) is 6.26 Å². The third-order valence-electron chi connectivity index (χ3n) is 3.99. The van der Waals surface area contributed by atoms with Crippen molar-refractivity contribution < 1.29 is 46.7 Å². The Kier molecular flexibility index (Phi) is 22.0. The fourth-order valence-electron chi connectivity index (χ4n) is 2.63. The molecule has 0 unspecified atom stereocenters. The van der Waals surface area contributed by atoms with Crippen molar-refractivity contribution in [2.45, 2.75) is 103 Å². The van der Waals surface area contributed by atoms with Crippen LogP contribution in [-0.4, -0.2) is 13.0 Å². The first-order valence-corrected chi connectivity index (χ1v) is 10.7. The molecule has 24 heavy (non-hydrogen) atoms. The van der Waals surface area contributed by atoms with Gasteiger partial charge in [0.2, 0.25) is 0 Å². The molecular weight excluding hydrogens is 335 g/mol. The molecular formula is C18H35NaO4S. The molecule has 0 saturated carbocycles. The molecule has 0 aromatic carbocycles. The maximum Gasteiger partial charge on any atom is 1.00 e. The molecule has 0 N–H and O–H groups in total. The van der Waals surface area contributed by atoms with E-state index in [1.807, 2.05) is 0 Å². The number of hydrogen-bond donors (Lipinski definition) is 0. The van der Waals surface area contributed by atoms with E-state index in [9.17, 15) is 13.0 Å². The van der Waals surface area contributed by atoms with E-state index in [1.165, 1.54) is 77.0 Å². The average Bonchev–Trinajstić information content (AvgIpc) is 2.49. The summed E-state index contributed by atoms with van der Waals surface area (Å²) >= 11 is 0. The van der Waals surface area contributed by atoms with Crippen LogP contribution in [0.15, 0.2) is 12.3 Å². The predicted molar refractivity (Wildman–Crippen MR) is 94.9 cm³/mol. The van der Waals surface area contributed by atoms with Crippen LogP contribution in [0.2, 0.25) is 0 Å². The zero-order valence-electron chi connectivity index (χ0n) is 15.8. The Labute approximate surface area is 172 Å². The second-order valence-corrected chi connectivity index (χ2v) is 7.27. The van der Waals surface area contributed by atoms with Crippen LogP contribution in [-0.2, 0) is 14.6 Å². The maximum atomic E-state index is 10.2. The molecule has 0 spiro atoms. The average molecular weight is 371 g/mol. The minimum absolute atomic E-state index is 0. The summed E-state index contributed by atoms with van der Waals surface area (Å²) in [5, 5.41) is 0. The standard InChI is InChI=1S/C18H36O4S.Na/c1-2-3-4-5-6-7-8-9-10-11-12-13-14-15-16-17-18-22-23(19,20)21;/h17-18H,2-16H2,1H3,(H,19,20,21);/q;+1/p-1. The Morgan fingerprint density at radius 1 is 0.750 bits per heavy atom. The molecule has 0 rings (SSSR count). The Morgan fingerprint density at radius 2 is 1.12 bits per heavy atom. The maximum absolute atomic E-state index is 10.2. The smallest absolute Gasteiger partial charge is 0.716 e. The summed E-state index contributed by atoms with van der Waals surface area (Å²) in [5.41, 5.74) is 0. The minimum Gasteiger partial charge on any atom is -0.716 e. The van der Waals surface area contributed by atoms with Crippen molar-refractivity contribution in [1.82, 2.24) is 0 Å². The molecule has 0 amide bonds. The van der Waals surface area contributed by atoms with Gasteiger partial charge in [-0.25, -0.2) is 8.42 Å². The second kappa shape index (κ2) is 19.8. The van der Waals surface area contributed by atoms with Gasteiger partial charge in [0.05, 0.1) is 0 Å². The summed E-state index contributed by atoms with van der Waals surface area (Å²) < 4.78 is 34.5. The van der Waals surface area contributed by atoms with Gasteiger partial charge in [-0.05, 0) is 18.9 Å². The van der Waals surface area contributed by atoms with Crippen LogP contribution in [0.3, 0.4) is 0 Å². The fraction of sp³-hybridized carbons (Fsp3) is 0.889. The molecule has 0 fully saturated rings. The molecule has 0 atom stereocenters. The summed E-state index contributed by atoms with van der Waals surface area (Å²) in [6.45, 7) is 2.26. The van der Waals surface area contributed by atoms with Gasteiger partial charge in [0.25, 0.3) is 10.4 Å². The molecule has 0 aliphatic heterocycles. The Morgan fingerprint density at radius 3 is 1.50 bits per heavy atom. The van der Waals surface area contributed by atoms with E-state index in [4.69, 9.17) is 0 Å². The number of rotatable bonds is 17. The van der Waals surface area contributed by atoms with E-state index >= 15 is 0 Å². The van der Waals surface area contributed by atoms with Crippen LogP contribution in [0.5, 0.6) is 0 Å². The SMILES string of the molecule is CCCCCCCCCCCCCCCCC=COS(=O)(=O)[O-].[Na+]. The Balaban J connectivity index is 0. The first-order valence-electron chi connectivity index (χ1n) is 9.35. The summed E-state index contributed by atoms with van der Waals surface area (Å²) in [6.07, 6.45) is 21.8. The van der Waals surface area contributed by atoms with E-state index < -0.39 is 10.4 Å². The summed E-state index contributed by atoms with van der Waals surface area (Å²) in [4.78, 5) is 0. The normalized spacial score (nSPS) is 11.6. The van der Waals surface area contributed by atoms with E-state index in [2.05, 4.69) is 11.1 Å². The van der Waals surface area contributed by atoms with Gasteiger partial charge in [-0.3, -0.25) is 0 Å². The topological polar surface area (TPSA) is 66.4 Å². The van der Waals surface area contributed by atoms with Crippen LogP contribution in [0.4, 0.5) is 0 Å². The van der Waals surface area contributed by atoms with Crippen LogP contribution >= 0.6 is 0 Å². The van der Waals surface area contributed by atoms with E-state index in [-0.39, 0.29) is 29.6 Å². The molecule has 6 heteroatoms. The molecule has 0 saturated heterocycles. The number of hydrogen-bond acceptors (Lipinski definition) is 4. The molecule has 0 radical (unpaired) electrons. The van der Waals surface area contributed by atoms with Gasteiger partial charge in [-0.2, -0.15) is 0 Å². The molecule has 138 valence electrons. The zero-order chi connectivity index (χ0) is 17.2.